The highest BCUT2D eigenvalue weighted by Gasteiger charge is 2.30. The molecule has 0 aromatic heterocycles. The summed E-state index contributed by atoms with van der Waals surface area (Å²) in [6.07, 6.45) is 3.04. The van der Waals surface area contributed by atoms with Crippen LogP contribution in [0.2, 0.25) is 0 Å². The molecule has 4 nitrogen and oxygen atoms in total. The van der Waals surface area contributed by atoms with Crippen molar-refractivity contribution < 1.29 is 9.63 Å². The molecule has 0 bridgehead atoms. The molecular formula is C10H20N2O2. The second-order valence-corrected chi connectivity index (χ2v) is 3.88. The summed E-state index contributed by atoms with van der Waals surface area (Å²) >= 11 is 0. The predicted molar refractivity (Wildman–Crippen MR) is 54.3 cm³/mol. The maximum Gasteiger partial charge on any atom is 0.237 e. The third-order valence-corrected chi connectivity index (χ3v) is 2.67. The van der Waals surface area contributed by atoms with Crippen molar-refractivity contribution in [1.29, 1.82) is 0 Å². The van der Waals surface area contributed by atoms with Crippen molar-refractivity contribution in [2.75, 3.05) is 13.2 Å². The van der Waals surface area contributed by atoms with Gasteiger partial charge in [0.2, 0.25) is 5.91 Å². The van der Waals surface area contributed by atoms with E-state index in [0.717, 1.165) is 26.0 Å². The van der Waals surface area contributed by atoms with Crippen molar-refractivity contribution in [2.24, 2.45) is 11.7 Å². The highest BCUT2D eigenvalue weighted by atomic mass is 16.7. The molecule has 1 fully saturated rings. The van der Waals surface area contributed by atoms with Crippen LogP contribution in [0.25, 0.3) is 0 Å². The number of carbonyl (C=O) groups excluding carboxylic acids is 1. The van der Waals surface area contributed by atoms with E-state index in [4.69, 9.17) is 10.6 Å². The highest BCUT2D eigenvalue weighted by Crippen LogP contribution is 2.20. The third kappa shape index (κ3) is 2.69. The lowest BCUT2D eigenvalue weighted by Crippen LogP contribution is -2.42. The quantitative estimate of drug-likeness (QED) is 0.717. The number of primary amides is 1. The first kappa shape index (κ1) is 11.5. The van der Waals surface area contributed by atoms with Crippen molar-refractivity contribution in [3.05, 3.63) is 0 Å². The van der Waals surface area contributed by atoms with Crippen LogP contribution in [0, 0.1) is 5.92 Å². The molecule has 0 spiro atoms. The van der Waals surface area contributed by atoms with E-state index in [2.05, 4.69) is 6.92 Å². The Morgan fingerprint density at radius 2 is 2.36 bits per heavy atom. The van der Waals surface area contributed by atoms with Crippen LogP contribution in [0.4, 0.5) is 0 Å². The summed E-state index contributed by atoms with van der Waals surface area (Å²) in [4.78, 5) is 16.5. The average molecular weight is 200 g/mol. The molecule has 0 saturated carbocycles. The van der Waals surface area contributed by atoms with Gasteiger partial charge in [0.1, 0.15) is 6.04 Å². The molecule has 1 aliphatic rings. The second kappa shape index (κ2) is 5.32. The molecule has 1 heterocycles. The Morgan fingerprint density at radius 3 is 2.86 bits per heavy atom. The summed E-state index contributed by atoms with van der Waals surface area (Å²) in [7, 11) is 0. The third-order valence-electron chi connectivity index (χ3n) is 2.67. The van der Waals surface area contributed by atoms with Crippen LogP contribution in [-0.2, 0) is 9.63 Å². The van der Waals surface area contributed by atoms with Gasteiger partial charge in [-0.25, -0.2) is 0 Å². The Bertz CT molecular complexity index is 197. The van der Waals surface area contributed by atoms with Crippen LogP contribution in [0.5, 0.6) is 0 Å². The van der Waals surface area contributed by atoms with Gasteiger partial charge in [-0.15, -0.1) is 0 Å². The Hall–Kier alpha value is -0.610. The summed E-state index contributed by atoms with van der Waals surface area (Å²) < 4.78 is 0. The number of hydrogen-bond donors (Lipinski definition) is 1. The summed E-state index contributed by atoms with van der Waals surface area (Å²) in [5, 5.41) is 1.75. The van der Waals surface area contributed by atoms with Gasteiger partial charge in [0.05, 0.1) is 6.61 Å². The molecular weight excluding hydrogens is 180 g/mol. The van der Waals surface area contributed by atoms with Gasteiger partial charge in [-0.1, -0.05) is 20.3 Å². The number of hydroxylamine groups is 2. The second-order valence-electron chi connectivity index (χ2n) is 3.88. The lowest BCUT2D eigenvalue weighted by molar-refractivity contribution is -0.159. The van der Waals surface area contributed by atoms with Crippen LogP contribution in [0.15, 0.2) is 0 Å². The summed E-state index contributed by atoms with van der Waals surface area (Å²) in [5.74, 6) is 0.276. The van der Waals surface area contributed by atoms with Gasteiger partial charge in [0.25, 0.3) is 0 Å². The minimum Gasteiger partial charge on any atom is -0.368 e. The van der Waals surface area contributed by atoms with Gasteiger partial charge in [-0.05, 0) is 18.8 Å². The number of hydrogen-bond acceptors (Lipinski definition) is 3. The number of rotatable bonds is 5. The standard InChI is InChI=1S/C10H20N2O2/c1-3-5-8-6-12(14-7-8)9(4-2)10(11)13/h8-9H,3-7H2,1-2H3,(H2,11,13). The fourth-order valence-electron chi connectivity index (χ4n) is 1.91. The molecule has 82 valence electrons. The lowest BCUT2D eigenvalue weighted by atomic mass is 10.1. The molecule has 0 aromatic carbocycles. The molecule has 2 N–H and O–H groups in total. The average Bonchev–Trinajstić information content (AvgIpc) is 2.54. The normalized spacial score (nSPS) is 25.1. The first-order chi connectivity index (χ1) is 6.69. The van der Waals surface area contributed by atoms with E-state index in [0.29, 0.717) is 12.3 Å². The maximum absolute atomic E-state index is 11.1. The van der Waals surface area contributed by atoms with E-state index < -0.39 is 0 Å². The van der Waals surface area contributed by atoms with Crippen LogP contribution < -0.4 is 5.73 Å². The van der Waals surface area contributed by atoms with E-state index >= 15 is 0 Å². The zero-order chi connectivity index (χ0) is 10.6. The monoisotopic (exact) mass is 200 g/mol. The number of carbonyl (C=O) groups is 1. The van der Waals surface area contributed by atoms with E-state index in [9.17, 15) is 4.79 Å². The van der Waals surface area contributed by atoms with Gasteiger partial charge >= 0.3 is 0 Å². The van der Waals surface area contributed by atoms with Crippen LogP contribution in [0.3, 0.4) is 0 Å². The molecule has 0 aromatic rings. The Morgan fingerprint density at radius 1 is 1.64 bits per heavy atom. The lowest BCUT2D eigenvalue weighted by Gasteiger charge is -2.21. The van der Waals surface area contributed by atoms with Crippen molar-refractivity contribution in [2.45, 2.75) is 39.2 Å². The maximum atomic E-state index is 11.1. The van der Waals surface area contributed by atoms with Crippen LogP contribution in [-0.4, -0.2) is 30.2 Å². The fraction of sp³-hybridized carbons (Fsp3) is 0.900. The number of nitrogens with zero attached hydrogens (tertiary/aromatic N) is 1. The molecule has 2 atom stereocenters. The Balaban J connectivity index is 2.43. The molecule has 0 aliphatic carbocycles. The molecule has 1 saturated heterocycles. The van der Waals surface area contributed by atoms with Crippen LogP contribution in [0.1, 0.15) is 33.1 Å². The largest absolute Gasteiger partial charge is 0.368 e. The molecule has 2 unspecified atom stereocenters. The van der Waals surface area contributed by atoms with Crippen molar-refractivity contribution in [3.8, 4) is 0 Å². The van der Waals surface area contributed by atoms with Crippen molar-refractivity contribution >= 4 is 5.91 Å². The Kier molecular flexibility index (Phi) is 4.35. The van der Waals surface area contributed by atoms with Gasteiger partial charge in [0.15, 0.2) is 0 Å². The molecule has 1 amide bonds. The van der Waals surface area contributed by atoms with E-state index in [-0.39, 0.29) is 11.9 Å². The highest BCUT2D eigenvalue weighted by molar-refractivity contribution is 5.79. The first-order valence-electron chi connectivity index (χ1n) is 5.37. The topological polar surface area (TPSA) is 55.6 Å². The Labute approximate surface area is 85.3 Å². The smallest absolute Gasteiger partial charge is 0.237 e. The van der Waals surface area contributed by atoms with Gasteiger partial charge < -0.3 is 5.73 Å². The summed E-state index contributed by atoms with van der Waals surface area (Å²) in [6, 6.07) is -0.253. The van der Waals surface area contributed by atoms with E-state index in [1.165, 1.54) is 0 Å². The van der Waals surface area contributed by atoms with Gasteiger partial charge in [0, 0.05) is 6.54 Å². The van der Waals surface area contributed by atoms with Crippen molar-refractivity contribution in [1.82, 2.24) is 5.06 Å². The molecule has 0 radical (unpaired) electrons. The summed E-state index contributed by atoms with van der Waals surface area (Å²) in [5.41, 5.74) is 5.29. The molecule has 1 rings (SSSR count). The van der Waals surface area contributed by atoms with Gasteiger partial charge in [-0.2, -0.15) is 5.06 Å². The van der Waals surface area contributed by atoms with E-state index in [1.807, 2.05) is 6.92 Å². The minimum atomic E-state index is -0.287. The predicted octanol–water partition coefficient (Wildman–Crippen LogP) is 0.914. The molecule has 14 heavy (non-hydrogen) atoms. The molecule has 1 aliphatic heterocycles. The summed E-state index contributed by atoms with van der Waals surface area (Å²) in [6.45, 7) is 5.69. The number of nitrogens with two attached hydrogens (primary N) is 1. The van der Waals surface area contributed by atoms with Crippen LogP contribution >= 0.6 is 0 Å². The SMILES string of the molecule is CCCC1CON(C(CC)C(N)=O)C1. The van der Waals surface area contributed by atoms with E-state index in [1.54, 1.807) is 5.06 Å². The molecule has 4 heteroatoms. The first-order valence-corrected chi connectivity index (χ1v) is 5.37. The minimum absolute atomic E-state index is 0.253. The van der Waals surface area contributed by atoms with Gasteiger partial charge in [-0.3, -0.25) is 9.63 Å². The zero-order valence-electron chi connectivity index (χ0n) is 9.03. The number of amides is 1. The fourth-order valence-corrected chi connectivity index (χ4v) is 1.91. The van der Waals surface area contributed by atoms with Crippen molar-refractivity contribution in [3.63, 3.8) is 0 Å². The zero-order valence-corrected chi connectivity index (χ0v) is 9.03.